The second-order valence-electron chi connectivity index (χ2n) is 8.85. The van der Waals surface area contributed by atoms with Gasteiger partial charge in [-0.3, -0.25) is 4.79 Å². The van der Waals surface area contributed by atoms with Gasteiger partial charge in [-0.05, 0) is 60.7 Å². The van der Waals surface area contributed by atoms with Gasteiger partial charge in [0.25, 0.3) is 5.91 Å². The van der Waals surface area contributed by atoms with Gasteiger partial charge in [-0.1, -0.05) is 25.2 Å². The fourth-order valence-corrected chi connectivity index (χ4v) is 7.16. The van der Waals surface area contributed by atoms with Crippen LogP contribution in [0.25, 0.3) is 10.2 Å². The van der Waals surface area contributed by atoms with Gasteiger partial charge in [0.05, 0.1) is 21.7 Å². The van der Waals surface area contributed by atoms with E-state index in [1.165, 1.54) is 52.0 Å². The molecule has 1 saturated heterocycles. The Morgan fingerprint density at radius 3 is 2.47 bits per heavy atom. The second-order valence-corrected chi connectivity index (χ2v) is 11.8. The van der Waals surface area contributed by atoms with Gasteiger partial charge in [0.2, 0.25) is 10.0 Å². The van der Waals surface area contributed by atoms with Crippen molar-refractivity contribution >= 4 is 37.5 Å². The molecule has 0 spiro atoms. The van der Waals surface area contributed by atoms with E-state index >= 15 is 0 Å². The van der Waals surface area contributed by atoms with E-state index in [0.29, 0.717) is 47.6 Å². The molecular formula is C24H28FN3O4S2. The highest BCUT2D eigenvalue weighted by molar-refractivity contribution is 7.89. The van der Waals surface area contributed by atoms with Crippen molar-refractivity contribution in [2.75, 3.05) is 26.8 Å². The summed E-state index contributed by atoms with van der Waals surface area (Å²) in [6, 6.07) is 10.3. The first kappa shape index (κ1) is 24.7. The van der Waals surface area contributed by atoms with E-state index in [4.69, 9.17) is 4.74 Å². The number of fused-ring (bicyclic) bond motifs is 1. The number of halogens is 1. The molecule has 2 heterocycles. The van der Waals surface area contributed by atoms with Gasteiger partial charge in [-0.15, -0.1) is 0 Å². The lowest BCUT2D eigenvalue weighted by atomic mass is 9.94. The van der Waals surface area contributed by atoms with Crippen LogP contribution in [0.5, 0.6) is 0 Å². The number of hydrogen-bond acceptors (Lipinski definition) is 5. The minimum absolute atomic E-state index is 0.165. The van der Waals surface area contributed by atoms with E-state index in [1.807, 2.05) is 4.57 Å². The quantitative estimate of drug-likeness (QED) is 0.509. The Bertz CT molecular complexity index is 1350. The molecule has 0 saturated carbocycles. The summed E-state index contributed by atoms with van der Waals surface area (Å²) < 4.78 is 49.1. The summed E-state index contributed by atoms with van der Waals surface area (Å²) in [5.41, 5.74) is 1.04. The number of methoxy groups -OCH3 is 1. The maximum atomic E-state index is 13.7. The van der Waals surface area contributed by atoms with Crippen molar-refractivity contribution in [3.05, 3.63) is 58.6 Å². The number of aromatic nitrogens is 1. The average Bonchev–Trinajstić information content (AvgIpc) is 3.12. The van der Waals surface area contributed by atoms with Crippen LogP contribution in [0.3, 0.4) is 0 Å². The molecule has 4 rings (SSSR count). The normalized spacial score (nSPS) is 20.2. The lowest BCUT2D eigenvalue weighted by Gasteiger charge is -2.34. The fourth-order valence-electron chi connectivity index (χ4n) is 4.40. The summed E-state index contributed by atoms with van der Waals surface area (Å²) >= 11 is 1.22. The third kappa shape index (κ3) is 5.14. The summed E-state index contributed by atoms with van der Waals surface area (Å²) in [7, 11) is -2.05. The Morgan fingerprint density at radius 1 is 1.15 bits per heavy atom. The van der Waals surface area contributed by atoms with Crippen LogP contribution in [0.1, 0.15) is 30.6 Å². The Morgan fingerprint density at radius 2 is 1.82 bits per heavy atom. The highest BCUT2D eigenvalue weighted by atomic mass is 32.2. The smallest absolute Gasteiger partial charge is 0.279 e. The van der Waals surface area contributed by atoms with E-state index in [9.17, 15) is 17.6 Å². The number of ether oxygens (including phenoxy) is 1. The zero-order valence-corrected chi connectivity index (χ0v) is 21.0. The zero-order valence-electron chi connectivity index (χ0n) is 19.4. The molecule has 2 atom stereocenters. The van der Waals surface area contributed by atoms with E-state index in [1.54, 1.807) is 13.2 Å². The van der Waals surface area contributed by atoms with Crippen LogP contribution in [0.4, 0.5) is 4.39 Å². The molecule has 1 aliphatic rings. The number of sulfonamides is 1. The van der Waals surface area contributed by atoms with Gasteiger partial charge < -0.3 is 9.30 Å². The molecule has 34 heavy (non-hydrogen) atoms. The van der Waals surface area contributed by atoms with Gasteiger partial charge in [0.15, 0.2) is 4.80 Å². The van der Waals surface area contributed by atoms with Crippen molar-refractivity contribution in [1.82, 2.24) is 8.87 Å². The summed E-state index contributed by atoms with van der Waals surface area (Å²) in [6.07, 6.45) is 1.01. The molecule has 0 aliphatic carbocycles. The molecule has 0 N–H and O–H groups in total. The number of carbonyl (C=O) groups excluding carboxylic acids is 1. The zero-order chi connectivity index (χ0) is 24.5. The van der Waals surface area contributed by atoms with Crippen LogP contribution < -0.4 is 4.80 Å². The molecule has 1 fully saturated rings. The average molecular weight is 506 g/mol. The number of carbonyl (C=O) groups is 1. The largest absolute Gasteiger partial charge is 0.383 e. The van der Waals surface area contributed by atoms with E-state index in [0.717, 1.165) is 11.9 Å². The van der Waals surface area contributed by atoms with Crippen molar-refractivity contribution in [3.63, 3.8) is 0 Å². The molecule has 0 radical (unpaired) electrons. The van der Waals surface area contributed by atoms with Crippen molar-refractivity contribution in [2.24, 2.45) is 16.8 Å². The molecule has 2 aromatic carbocycles. The molecule has 7 nitrogen and oxygen atoms in total. The van der Waals surface area contributed by atoms with E-state index < -0.39 is 15.9 Å². The Kier molecular flexibility index (Phi) is 7.32. The van der Waals surface area contributed by atoms with Gasteiger partial charge >= 0.3 is 0 Å². The first-order valence-corrected chi connectivity index (χ1v) is 13.4. The second kappa shape index (κ2) is 10.1. The third-order valence-electron chi connectivity index (χ3n) is 5.94. The summed E-state index contributed by atoms with van der Waals surface area (Å²) in [6.45, 7) is 5.97. The van der Waals surface area contributed by atoms with Crippen LogP contribution in [-0.2, 0) is 21.3 Å². The molecule has 0 unspecified atom stereocenters. The molecule has 1 aliphatic heterocycles. The van der Waals surface area contributed by atoms with Gasteiger partial charge in [0.1, 0.15) is 5.82 Å². The molecule has 3 aromatic rings. The molecule has 1 amide bonds. The van der Waals surface area contributed by atoms with Crippen LogP contribution >= 0.6 is 11.3 Å². The fraction of sp³-hybridized carbons (Fsp3) is 0.417. The number of amides is 1. The number of nitrogens with zero attached hydrogens (tertiary/aromatic N) is 3. The molecule has 10 heteroatoms. The lowest BCUT2D eigenvalue weighted by molar-refractivity contribution is 0.0997. The van der Waals surface area contributed by atoms with Crippen LogP contribution in [0.15, 0.2) is 52.4 Å². The lowest BCUT2D eigenvalue weighted by Crippen LogP contribution is -2.42. The molecule has 0 bridgehead atoms. The monoisotopic (exact) mass is 505 g/mol. The van der Waals surface area contributed by atoms with Gasteiger partial charge in [-0.25, -0.2) is 12.8 Å². The van der Waals surface area contributed by atoms with Crippen molar-refractivity contribution in [1.29, 1.82) is 0 Å². The van der Waals surface area contributed by atoms with Crippen LogP contribution in [0.2, 0.25) is 0 Å². The van der Waals surface area contributed by atoms with Crippen LogP contribution in [-0.4, -0.2) is 50.0 Å². The maximum absolute atomic E-state index is 13.7. The van der Waals surface area contributed by atoms with Crippen LogP contribution in [0, 0.1) is 17.7 Å². The van der Waals surface area contributed by atoms with Crippen molar-refractivity contribution < 1.29 is 22.3 Å². The number of piperidine rings is 1. The third-order valence-corrected chi connectivity index (χ3v) is 8.82. The number of hydrogen-bond donors (Lipinski definition) is 0. The summed E-state index contributed by atoms with van der Waals surface area (Å²) in [5, 5.41) is 0. The van der Waals surface area contributed by atoms with Crippen molar-refractivity contribution in [3.8, 4) is 0 Å². The minimum Gasteiger partial charge on any atom is -0.383 e. The first-order valence-electron chi connectivity index (χ1n) is 11.2. The van der Waals surface area contributed by atoms with Gasteiger partial charge in [-0.2, -0.15) is 9.30 Å². The van der Waals surface area contributed by atoms with E-state index in [-0.39, 0.29) is 16.3 Å². The Balaban J connectivity index is 1.63. The minimum atomic E-state index is -3.63. The summed E-state index contributed by atoms with van der Waals surface area (Å²) in [5.74, 6) is -0.252. The van der Waals surface area contributed by atoms with Gasteiger partial charge in [0, 0.05) is 32.3 Å². The highest BCUT2D eigenvalue weighted by Gasteiger charge is 2.31. The first-order chi connectivity index (χ1) is 16.2. The number of rotatable bonds is 6. The highest BCUT2D eigenvalue weighted by Crippen LogP contribution is 2.27. The standard InChI is InChI=1S/C24H28FN3O4S2/c1-16-12-17(2)15-27(14-16)34(30,31)20-7-4-18(5-8-20)23(29)26-24-28(10-11-32-3)21-9-6-19(25)13-22(21)33-24/h4-9,13,16-17H,10-12,14-15H2,1-3H3/t16-,17-/m1/s1. The molecule has 1 aromatic heterocycles. The number of thiazole rings is 1. The Hall–Kier alpha value is -2.40. The maximum Gasteiger partial charge on any atom is 0.279 e. The predicted octanol–water partition coefficient (Wildman–Crippen LogP) is 3.90. The SMILES string of the molecule is COCCn1c(=NC(=O)c2ccc(S(=O)(=O)N3C[C@H](C)C[C@@H](C)C3)cc2)sc2cc(F)ccc21. The van der Waals surface area contributed by atoms with E-state index in [2.05, 4.69) is 18.8 Å². The topological polar surface area (TPSA) is 81.0 Å². The molecular weight excluding hydrogens is 477 g/mol. The Labute approximate surface area is 202 Å². The summed E-state index contributed by atoms with van der Waals surface area (Å²) in [4.78, 5) is 17.7. The molecule has 182 valence electrons. The van der Waals surface area contributed by atoms with Crippen molar-refractivity contribution in [2.45, 2.75) is 31.7 Å². The predicted molar refractivity (Wildman–Crippen MR) is 130 cm³/mol. The number of benzene rings is 2.